The Morgan fingerprint density at radius 2 is 1.67 bits per heavy atom. The number of hydrogen-bond donors (Lipinski definition) is 2. The van der Waals surface area contributed by atoms with E-state index in [1.165, 1.54) is 5.56 Å². The van der Waals surface area contributed by atoms with Crippen molar-refractivity contribution in [2.75, 3.05) is 10.6 Å². The molecular formula is C21H20N6. The minimum absolute atomic E-state index is 0.405. The number of para-hydroxylation sites is 2. The van der Waals surface area contributed by atoms with Gasteiger partial charge in [-0.3, -0.25) is 4.98 Å². The third-order valence-electron chi connectivity index (χ3n) is 4.28. The first-order valence-corrected chi connectivity index (χ1v) is 8.87. The van der Waals surface area contributed by atoms with E-state index in [2.05, 4.69) is 50.7 Å². The highest BCUT2D eigenvalue weighted by atomic mass is 15.3. The number of nitrogens with one attached hydrogen (secondary N) is 2. The molecule has 2 aromatic heterocycles. The summed E-state index contributed by atoms with van der Waals surface area (Å²) in [6.45, 7) is 4.33. The second-order valence-electron chi connectivity index (χ2n) is 6.54. The van der Waals surface area contributed by atoms with Crippen LogP contribution in [0.2, 0.25) is 0 Å². The highest BCUT2D eigenvalue weighted by Crippen LogP contribution is 2.27. The van der Waals surface area contributed by atoms with Crippen molar-refractivity contribution in [3.8, 4) is 0 Å². The van der Waals surface area contributed by atoms with E-state index in [1.54, 1.807) is 12.4 Å². The molecular weight excluding hydrogens is 336 g/mol. The molecule has 134 valence electrons. The molecule has 6 nitrogen and oxygen atoms in total. The van der Waals surface area contributed by atoms with Crippen LogP contribution in [-0.2, 0) is 0 Å². The van der Waals surface area contributed by atoms with Crippen LogP contribution in [0.1, 0.15) is 25.3 Å². The van der Waals surface area contributed by atoms with Crippen molar-refractivity contribution in [3.05, 3.63) is 72.6 Å². The van der Waals surface area contributed by atoms with Gasteiger partial charge in [-0.2, -0.15) is 10.1 Å². The van der Waals surface area contributed by atoms with Crippen LogP contribution in [0.15, 0.2) is 67.0 Å². The van der Waals surface area contributed by atoms with Crippen LogP contribution >= 0.6 is 0 Å². The predicted octanol–water partition coefficient (Wildman–Crippen LogP) is 5.03. The molecule has 0 fully saturated rings. The van der Waals surface area contributed by atoms with Gasteiger partial charge in [0.15, 0.2) is 5.82 Å². The summed E-state index contributed by atoms with van der Waals surface area (Å²) in [6, 6.07) is 18.1. The van der Waals surface area contributed by atoms with Crippen molar-refractivity contribution < 1.29 is 0 Å². The fraction of sp³-hybridized carbons (Fsp3) is 0.143. The van der Waals surface area contributed by atoms with Gasteiger partial charge in [-0.1, -0.05) is 50.2 Å². The molecule has 2 N–H and O–H groups in total. The molecule has 0 aliphatic heterocycles. The molecule has 0 saturated heterocycles. The summed E-state index contributed by atoms with van der Waals surface area (Å²) in [5.74, 6) is 1.46. The van der Waals surface area contributed by atoms with Crippen molar-refractivity contribution in [3.63, 3.8) is 0 Å². The minimum Gasteiger partial charge on any atom is -0.339 e. The normalized spacial score (nSPS) is 10.9. The summed E-state index contributed by atoms with van der Waals surface area (Å²) in [5, 5.41) is 15.8. The Kier molecular flexibility index (Phi) is 4.61. The van der Waals surface area contributed by atoms with Crippen LogP contribution < -0.4 is 10.6 Å². The smallest absolute Gasteiger partial charge is 0.249 e. The van der Waals surface area contributed by atoms with Crippen LogP contribution in [0.4, 0.5) is 23.1 Å². The van der Waals surface area contributed by atoms with Crippen LogP contribution in [0.5, 0.6) is 0 Å². The molecule has 0 aliphatic rings. The molecule has 0 radical (unpaired) electrons. The first kappa shape index (κ1) is 16.9. The second-order valence-corrected chi connectivity index (χ2v) is 6.54. The fourth-order valence-electron chi connectivity index (χ4n) is 2.99. The Labute approximate surface area is 157 Å². The Morgan fingerprint density at radius 1 is 0.852 bits per heavy atom. The maximum absolute atomic E-state index is 4.55. The summed E-state index contributed by atoms with van der Waals surface area (Å²) in [4.78, 5) is 8.99. The van der Waals surface area contributed by atoms with Crippen molar-refractivity contribution >= 4 is 34.0 Å². The quantitative estimate of drug-likeness (QED) is 0.522. The Morgan fingerprint density at radius 3 is 2.56 bits per heavy atom. The number of nitrogens with zero attached hydrogens (tertiary/aromatic N) is 4. The molecule has 4 rings (SSSR count). The zero-order valence-electron chi connectivity index (χ0n) is 15.2. The van der Waals surface area contributed by atoms with E-state index in [0.717, 1.165) is 22.3 Å². The van der Waals surface area contributed by atoms with Gasteiger partial charge in [-0.15, -0.1) is 5.10 Å². The van der Waals surface area contributed by atoms with Gasteiger partial charge in [-0.25, -0.2) is 0 Å². The predicted molar refractivity (Wildman–Crippen MR) is 109 cm³/mol. The molecule has 6 heteroatoms. The number of pyridine rings is 1. The molecule has 0 unspecified atom stereocenters. The lowest BCUT2D eigenvalue weighted by molar-refractivity contribution is 0.868. The molecule has 2 heterocycles. The van der Waals surface area contributed by atoms with Crippen LogP contribution in [0.3, 0.4) is 0 Å². The summed E-state index contributed by atoms with van der Waals surface area (Å²) >= 11 is 0. The number of hydrogen-bond acceptors (Lipinski definition) is 6. The Bertz CT molecular complexity index is 1070. The second kappa shape index (κ2) is 7.37. The molecule has 4 aromatic rings. The summed E-state index contributed by atoms with van der Waals surface area (Å²) in [7, 11) is 0. The van der Waals surface area contributed by atoms with Gasteiger partial charge in [0.1, 0.15) is 0 Å². The van der Waals surface area contributed by atoms with Gasteiger partial charge in [0.05, 0.1) is 17.4 Å². The third kappa shape index (κ3) is 3.69. The van der Waals surface area contributed by atoms with Gasteiger partial charge >= 0.3 is 0 Å². The number of aromatic nitrogens is 4. The van der Waals surface area contributed by atoms with Gasteiger partial charge < -0.3 is 10.6 Å². The molecule has 0 amide bonds. The average molecular weight is 356 g/mol. The number of rotatable bonds is 5. The van der Waals surface area contributed by atoms with Gasteiger partial charge in [-0.05, 0) is 29.7 Å². The standard InChI is InChI=1S/C21H20N6/c1-14(2)16-9-3-4-10-17(16)24-19-13-23-27-21(26-19)25-18-11-5-7-15-8-6-12-22-20(15)18/h3-14H,1-2H3,(H2,24,25,26,27). The highest BCUT2D eigenvalue weighted by Gasteiger charge is 2.09. The monoisotopic (exact) mass is 356 g/mol. The van der Waals surface area contributed by atoms with E-state index in [-0.39, 0.29) is 0 Å². The first-order chi connectivity index (χ1) is 13.2. The van der Waals surface area contributed by atoms with Crippen LogP contribution in [0, 0.1) is 0 Å². The van der Waals surface area contributed by atoms with Crippen molar-refractivity contribution in [2.45, 2.75) is 19.8 Å². The minimum atomic E-state index is 0.405. The van der Waals surface area contributed by atoms with E-state index in [1.807, 2.05) is 48.5 Å². The number of anilines is 4. The topological polar surface area (TPSA) is 75.6 Å². The first-order valence-electron chi connectivity index (χ1n) is 8.87. The Balaban J connectivity index is 1.62. The third-order valence-corrected chi connectivity index (χ3v) is 4.28. The molecule has 0 saturated carbocycles. The van der Waals surface area contributed by atoms with Crippen molar-refractivity contribution in [2.24, 2.45) is 0 Å². The fourth-order valence-corrected chi connectivity index (χ4v) is 2.99. The van der Waals surface area contributed by atoms with Crippen LogP contribution in [0.25, 0.3) is 10.9 Å². The number of benzene rings is 2. The molecule has 2 aromatic carbocycles. The maximum atomic E-state index is 4.55. The van der Waals surface area contributed by atoms with Gasteiger partial charge in [0, 0.05) is 17.3 Å². The highest BCUT2D eigenvalue weighted by molar-refractivity contribution is 5.91. The van der Waals surface area contributed by atoms with E-state index in [9.17, 15) is 0 Å². The average Bonchev–Trinajstić information content (AvgIpc) is 2.69. The van der Waals surface area contributed by atoms with E-state index in [4.69, 9.17) is 0 Å². The lowest BCUT2D eigenvalue weighted by Gasteiger charge is -2.14. The molecule has 0 atom stereocenters. The molecule has 0 bridgehead atoms. The zero-order valence-corrected chi connectivity index (χ0v) is 15.2. The summed E-state index contributed by atoms with van der Waals surface area (Å²) in [6.07, 6.45) is 3.39. The van der Waals surface area contributed by atoms with Gasteiger partial charge in [0.2, 0.25) is 5.95 Å². The number of fused-ring (bicyclic) bond motifs is 1. The lowest BCUT2D eigenvalue weighted by Crippen LogP contribution is -2.04. The zero-order chi connectivity index (χ0) is 18.6. The van der Waals surface area contributed by atoms with E-state index >= 15 is 0 Å². The Hall–Kier alpha value is -3.54. The van der Waals surface area contributed by atoms with E-state index in [0.29, 0.717) is 17.7 Å². The molecule has 0 spiro atoms. The lowest BCUT2D eigenvalue weighted by atomic mass is 10.0. The summed E-state index contributed by atoms with van der Waals surface area (Å²) < 4.78 is 0. The van der Waals surface area contributed by atoms with E-state index < -0.39 is 0 Å². The SMILES string of the molecule is CC(C)c1ccccc1Nc1cnnc(Nc2cccc3cccnc23)n1. The van der Waals surface area contributed by atoms with Crippen molar-refractivity contribution in [1.82, 2.24) is 20.2 Å². The maximum Gasteiger partial charge on any atom is 0.249 e. The van der Waals surface area contributed by atoms with Crippen LogP contribution in [-0.4, -0.2) is 20.2 Å². The molecule has 27 heavy (non-hydrogen) atoms. The summed E-state index contributed by atoms with van der Waals surface area (Å²) in [5.41, 5.74) is 3.95. The van der Waals surface area contributed by atoms with Gasteiger partial charge in [0.25, 0.3) is 0 Å². The molecule has 0 aliphatic carbocycles. The largest absolute Gasteiger partial charge is 0.339 e. The van der Waals surface area contributed by atoms with Crippen molar-refractivity contribution in [1.29, 1.82) is 0 Å².